The first-order chi connectivity index (χ1) is 8.28. The maximum atomic E-state index is 9.15. The van der Waals surface area contributed by atoms with Crippen LogP contribution in [-0.2, 0) is 0 Å². The first-order valence-corrected chi connectivity index (χ1v) is 6.96. The lowest BCUT2D eigenvalue weighted by atomic mass is 9.92. The summed E-state index contributed by atoms with van der Waals surface area (Å²) in [6, 6.07) is 3.73. The molecule has 3 nitrogen and oxygen atoms in total. The molecule has 1 aromatic rings. The van der Waals surface area contributed by atoms with Crippen LogP contribution in [0.1, 0.15) is 18.5 Å². The van der Waals surface area contributed by atoms with Crippen LogP contribution in [0.3, 0.4) is 0 Å². The van der Waals surface area contributed by atoms with Crippen molar-refractivity contribution in [3.8, 4) is 17.6 Å². The minimum absolute atomic E-state index is 0.139. The summed E-state index contributed by atoms with van der Waals surface area (Å²) in [4.78, 5) is 4.21. The third kappa shape index (κ3) is 3.65. The van der Waals surface area contributed by atoms with E-state index < -0.39 is 0 Å². The van der Waals surface area contributed by atoms with E-state index in [4.69, 9.17) is 9.84 Å². The van der Waals surface area contributed by atoms with E-state index in [1.54, 1.807) is 18.0 Å². The highest BCUT2D eigenvalue weighted by Gasteiger charge is 2.28. The van der Waals surface area contributed by atoms with Gasteiger partial charge in [0.2, 0.25) is 0 Å². The summed E-state index contributed by atoms with van der Waals surface area (Å²) in [7, 11) is 0. The van der Waals surface area contributed by atoms with Crippen molar-refractivity contribution in [3.63, 3.8) is 0 Å². The number of aliphatic hydroxyl groups excluding tert-OH is 1. The number of hydrogen-bond donors (Lipinski definition) is 1. The molecule has 1 heterocycles. The molecule has 0 amide bonds. The fourth-order valence-electron chi connectivity index (χ4n) is 1.55. The van der Waals surface area contributed by atoms with Crippen molar-refractivity contribution in [2.24, 2.45) is 0 Å². The summed E-state index contributed by atoms with van der Waals surface area (Å²) in [5.74, 6) is 7.57. The number of hydrogen-bond acceptors (Lipinski definition) is 4. The molecule has 0 saturated heterocycles. The average molecular weight is 249 g/mol. The Morgan fingerprint density at radius 1 is 1.53 bits per heavy atom. The van der Waals surface area contributed by atoms with E-state index in [9.17, 15) is 0 Å². The SMILES string of the molecule is CSCC#Cc1ccc(OC2CC(O)C2)cn1. The molecule has 1 fully saturated rings. The Morgan fingerprint density at radius 2 is 2.35 bits per heavy atom. The van der Waals surface area contributed by atoms with Gasteiger partial charge in [-0.2, -0.15) is 11.8 Å². The molecule has 0 aliphatic heterocycles. The van der Waals surface area contributed by atoms with Gasteiger partial charge in [-0.25, -0.2) is 4.98 Å². The highest BCUT2D eigenvalue weighted by atomic mass is 32.2. The molecule has 0 atom stereocenters. The Balaban J connectivity index is 1.87. The van der Waals surface area contributed by atoms with Gasteiger partial charge in [-0.3, -0.25) is 0 Å². The summed E-state index contributed by atoms with van der Waals surface area (Å²) in [5.41, 5.74) is 0.764. The molecule has 0 spiro atoms. The molecule has 1 aliphatic rings. The fraction of sp³-hybridized carbons (Fsp3) is 0.462. The molecular weight excluding hydrogens is 234 g/mol. The molecule has 1 N–H and O–H groups in total. The highest BCUT2D eigenvalue weighted by molar-refractivity contribution is 7.98. The number of pyridine rings is 1. The standard InChI is InChI=1S/C13H15NO2S/c1-17-6-2-3-10-4-5-12(9-14-10)16-13-7-11(15)8-13/h4-5,9,11,13,15H,6-8H2,1H3. The Labute approximate surface area is 106 Å². The Hall–Kier alpha value is -1.18. The Morgan fingerprint density at radius 3 is 2.94 bits per heavy atom. The lowest BCUT2D eigenvalue weighted by Crippen LogP contribution is -2.37. The van der Waals surface area contributed by atoms with E-state index in [0.29, 0.717) is 0 Å². The van der Waals surface area contributed by atoms with Gasteiger partial charge in [-0.15, -0.1) is 0 Å². The molecule has 1 saturated carbocycles. The monoisotopic (exact) mass is 249 g/mol. The Kier molecular flexibility index (Phi) is 4.29. The van der Waals surface area contributed by atoms with Crippen molar-refractivity contribution in [3.05, 3.63) is 24.0 Å². The molecule has 90 valence electrons. The minimum atomic E-state index is -0.190. The second-order valence-electron chi connectivity index (χ2n) is 3.98. The topological polar surface area (TPSA) is 42.4 Å². The van der Waals surface area contributed by atoms with Crippen LogP contribution < -0.4 is 4.74 Å². The van der Waals surface area contributed by atoms with Gasteiger partial charge in [0, 0.05) is 12.8 Å². The van der Waals surface area contributed by atoms with Gasteiger partial charge in [0.05, 0.1) is 18.1 Å². The molecule has 0 unspecified atom stereocenters. The molecule has 2 rings (SSSR count). The van der Waals surface area contributed by atoms with Gasteiger partial charge >= 0.3 is 0 Å². The number of aliphatic hydroxyl groups is 1. The van der Waals surface area contributed by atoms with Gasteiger partial charge < -0.3 is 9.84 Å². The third-order valence-electron chi connectivity index (χ3n) is 2.54. The maximum absolute atomic E-state index is 9.15. The summed E-state index contributed by atoms with van der Waals surface area (Å²) < 4.78 is 5.63. The van der Waals surface area contributed by atoms with Crippen molar-refractivity contribution in [2.45, 2.75) is 25.0 Å². The van der Waals surface area contributed by atoms with Crippen LogP contribution in [0.4, 0.5) is 0 Å². The predicted molar refractivity (Wildman–Crippen MR) is 69.2 cm³/mol. The van der Waals surface area contributed by atoms with E-state index in [1.165, 1.54) is 0 Å². The van der Waals surface area contributed by atoms with E-state index in [0.717, 1.165) is 30.0 Å². The zero-order valence-electron chi connectivity index (χ0n) is 9.72. The van der Waals surface area contributed by atoms with Gasteiger partial charge in [-0.05, 0) is 24.3 Å². The second kappa shape index (κ2) is 5.95. The van der Waals surface area contributed by atoms with Crippen molar-refractivity contribution in [2.75, 3.05) is 12.0 Å². The predicted octanol–water partition coefficient (Wildman–Crippen LogP) is 1.70. The largest absolute Gasteiger partial charge is 0.489 e. The zero-order chi connectivity index (χ0) is 12.1. The van der Waals surface area contributed by atoms with Crippen LogP contribution in [0.2, 0.25) is 0 Å². The first kappa shape index (κ1) is 12.3. The number of nitrogens with zero attached hydrogens (tertiary/aromatic N) is 1. The molecule has 0 aromatic carbocycles. The van der Waals surface area contributed by atoms with Crippen LogP contribution in [-0.4, -0.2) is 34.3 Å². The fourth-order valence-corrected chi connectivity index (χ4v) is 1.77. The molecular formula is C13H15NO2S. The average Bonchev–Trinajstić information content (AvgIpc) is 2.30. The molecule has 1 aromatic heterocycles. The van der Waals surface area contributed by atoms with Crippen LogP contribution in [0, 0.1) is 11.8 Å². The van der Waals surface area contributed by atoms with Gasteiger partial charge in [0.1, 0.15) is 17.5 Å². The van der Waals surface area contributed by atoms with Crippen LogP contribution in [0.15, 0.2) is 18.3 Å². The lowest BCUT2D eigenvalue weighted by Gasteiger charge is -2.31. The third-order valence-corrected chi connectivity index (χ3v) is 2.98. The molecule has 4 heteroatoms. The van der Waals surface area contributed by atoms with Crippen molar-refractivity contribution < 1.29 is 9.84 Å². The maximum Gasteiger partial charge on any atom is 0.138 e. The van der Waals surface area contributed by atoms with E-state index in [-0.39, 0.29) is 12.2 Å². The molecule has 0 radical (unpaired) electrons. The summed E-state index contributed by atoms with van der Waals surface area (Å²) in [6.07, 6.45) is 5.09. The normalized spacial score (nSPS) is 22.2. The van der Waals surface area contributed by atoms with Gasteiger partial charge in [0.25, 0.3) is 0 Å². The van der Waals surface area contributed by atoms with Crippen molar-refractivity contribution in [1.29, 1.82) is 0 Å². The molecule has 0 bridgehead atoms. The van der Waals surface area contributed by atoms with E-state index in [2.05, 4.69) is 16.8 Å². The van der Waals surface area contributed by atoms with Crippen molar-refractivity contribution >= 4 is 11.8 Å². The van der Waals surface area contributed by atoms with Gasteiger partial charge in [-0.1, -0.05) is 5.92 Å². The summed E-state index contributed by atoms with van der Waals surface area (Å²) in [5, 5.41) is 9.15. The van der Waals surface area contributed by atoms with Gasteiger partial charge in [0.15, 0.2) is 0 Å². The minimum Gasteiger partial charge on any atom is -0.489 e. The zero-order valence-corrected chi connectivity index (χ0v) is 10.5. The highest BCUT2D eigenvalue weighted by Crippen LogP contribution is 2.25. The number of rotatable bonds is 3. The quantitative estimate of drug-likeness (QED) is 0.828. The number of thioether (sulfide) groups is 1. The van der Waals surface area contributed by atoms with Crippen LogP contribution in [0.25, 0.3) is 0 Å². The molecule has 17 heavy (non-hydrogen) atoms. The summed E-state index contributed by atoms with van der Waals surface area (Å²) in [6.45, 7) is 0. The molecule has 1 aliphatic carbocycles. The van der Waals surface area contributed by atoms with Crippen LogP contribution >= 0.6 is 11.8 Å². The first-order valence-electron chi connectivity index (χ1n) is 5.56. The number of aromatic nitrogens is 1. The van der Waals surface area contributed by atoms with E-state index >= 15 is 0 Å². The number of ether oxygens (including phenoxy) is 1. The Bertz CT molecular complexity index is 415. The lowest BCUT2D eigenvalue weighted by molar-refractivity contribution is -0.0109. The van der Waals surface area contributed by atoms with Crippen molar-refractivity contribution in [1.82, 2.24) is 4.98 Å². The second-order valence-corrected chi connectivity index (χ2v) is 4.85. The van der Waals surface area contributed by atoms with E-state index in [1.807, 2.05) is 18.4 Å². The smallest absolute Gasteiger partial charge is 0.138 e. The summed E-state index contributed by atoms with van der Waals surface area (Å²) >= 11 is 1.69. The van der Waals surface area contributed by atoms with Crippen LogP contribution in [0.5, 0.6) is 5.75 Å².